The SMILES string of the molecule is CCCNCc1cc(Br)cnc1OCCC1CCCN1C. The molecule has 1 aliphatic rings. The first kappa shape index (κ1) is 16.7. The predicted octanol–water partition coefficient (Wildman–Crippen LogP) is 3.21. The molecule has 21 heavy (non-hydrogen) atoms. The molecule has 0 spiro atoms. The summed E-state index contributed by atoms with van der Waals surface area (Å²) >= 11 is 3.48. The van der Waals surface area contributed by atoms with E-state index in [4.69, 9.17) is 4.74 Å². The largest absolute Gasteiger partial charge is 0.477 e. The minimum atomic E-state index is 0.669. The van der Waals surface area contributed by atoms with E-state index < -0.39 is 0 Å². The molecule has 2 rings (SSSR count). The Morgan fingerprint density at radius 2 is 2.38 bits per heavy atom. The van der Waals surface area contributed by atoms with Crippen molar-refractivity contribution < 1.29 is 4.74 Å². The maximum atomic E-state index is 5.93. The zero-order chi connectivity index (χ0) is 15.1. The van der Waals surface area contributed by atoms with E-state index in [1.54, 1.807) is 6.20 Å². The van der Waals surface area contributed by atoms with Gasteiger partial charge in [0.25, 0.3) is 0 Å². The Kier molecular flexibility index (Phi) is 6.93. The molecule has 0 radical (unpaired) electrons. The maximum absolute atomic E-state index is 5.93. The van der Waals surface area contributed by atoms with Crippen LogP contribution in [-0.2, 0) is 6.54 Å². The minimum Gasteiger partial charge on any atom is -0.477 e. The van der Waals surface area contributed by atoms with Crippen LogP contribution in [0.1, 0.15) is 38.2 Å². The number of ether oxygens (including phenoxy) is 1. The van der Waals surface area contributed by atoms with Crippen molar-refractivity contribution in [2.45, 2.75) is 45.2 Å². The van der Waals surface area contributed by atoms with Crippen LogP contribution in [0.25, 0.3) is 0 Å². The molecular formula is C16H26BrN3O. The van der Waals surface area contributed by atoms with Crippen molar-refractivity contribution in [3.8, 4) is 5.88 Å². The third-order valence-electron chi connectivity index (χ3n) is 4.00. The second-order valence-electron chi connectivity index (χ2n) is 5.71. The van der Waals surface area contributed by atoms with Gasteiger partial charge in [0.2, 0.25) is 5.88 Å². The van der Waals surface area contributed by atoms with Crippen molar-refractivity contribution in [3.63, 3.8) is 0 Å². The van der Waals surface area contributed by atoms with Gasteiger partial charge in [-0.1, -0.05) is 6.92 Å². The summed E-state index contributed by atoms with van der Waals surface area (Å²) in [4.78, 5) is 6.85. The van der Waals surface area contributed by atoms with E-state index in [1.807, 2.05) is 0 Å². The first-order chi connectivity index (χ1) is 10.2. The van der Waals surface area contributed by atoms with Crippen LogP contribution >= 0.6 is 15.9 Å². The second-order valence-corrected chi connectivity index (χ2v) is 6.62. The molecule has 1 fully saturated rings. The van der Waals surface area contributed by atoms with Crippen LogP contribution in [0, 0.1) is 0 Å². The van der Waals surface area contributed by atoms with E-state index in [9.17, 15) is 0 Å². The molecule has 1 aromatic heterocycles. The average Bonchev–Trinajstić information content (AvgIpc) is 2.87. The van der Waals surface area contributed by atoms with Crippen LogP contribution in [-0.4, -0.2) is 42.7 Å². The number of hydrogen-bond donors (Lipinski definition) is 1. The summed E-state index contributed by atoms with van der Waals surface area (Å²) in [5.41, 5.74) is 1.12. The molecular weight excluding hydrogens is 330 g/mol. The van der Waals surface area contributed by atoms with Crippen LogP contribution in [0.2, 0.25) is 0 Å². The zero-order valence-electron chi connectivity index (χ0n) is 13.1. The standard InChI is InChI=1S/C16H26BrN3O/c1-3-7-18-11-13-10-14(17)12-19-16(13)21-9-6-15-5-4-8-20(15)2/h10,12,15,18H,3-9,11H2,1-2H3. The highest BCUT2D eigenvalue weighted by molar-refractivity contribution is 9.10. The highest BCUT2D eigenvalue weighted by Crippen LogP contribution is 2.22. The lowest BCUT2D eigenvalue weighted by Gasteiger charge is -2.19. The number of rotatable bonds is 8. The van der Waals surface area contributed by atoms with Crippen molar-refractivity contribution in [2.75, 3.05) is 26.7 Å². The zero-order valence-corrected chi connectivity index (χ0v) is 14.7. The summed E-state index contributed by atoms with van der Waals surface area (Å²) in [6, 6.07) is 2.76. The van der Waals surface area contributed by atoms with Crippen LogP contribution in [0.5, 0.6) is 5.88 Å². The number of nitrogens with zero attached hydrogens (tertiary/aromatic N) is 2. The lowest BCUT2D eigenvalue weighted by atomic mass is 10.1. The molecule has 0 saturated carbocycles. The average molecular weight is 356 g/mol. The molecule has 0 amide bonds. The summed E-state index contributed by atoms with van der Waals surface area (Å²) in [5.74, 6) is 0.766. The monoisotopic (exact) mass is 355 g/mol. The van der Waals surface area contributed by atoms with E-state index in [0.717, 1.165) is 48.5 Å². The van der Waals surface area contributed by atoms with Gasteiger partial charge in [0.15, 0.2) is 0 Å². The molecule has 1 N–H and O–H groups in total. The van der Waals surface area contributed by atoms with Gasteiger partial charge >= 0.3 is 0 Å². The number of aromatic nitrogens is 1. The fourth-order valence-corrected chi connectivity index (χ4v) is 3.14. The van der Waals surface area contributed by atoms with Crippen LogP contribution in [0.15, 0.2) is 16.7 Å². The highest BCUT2D eigenvalue weighted by Gasteiger charge is 2.20. The molecule has 0 bridgehead atoms. The summed E-state index contributed by atoms with van der Waals surface area (Å²) in [7, 11) is 2.20. The van der Waals surface area contributed by atoms with E-state index in [0.29, 0.717) is 6.04 Å². The summed E-state index contributed by atoms with van der Waals surface area (Å²) < 4.78 is 6.93. The molecule has 1 aromatic rings. The van der Waals surface area contributed by atoms with Gasteiger partial charge in [-0.15, -0.1) is 0 Å². The summed E-state index contributed by atoms with van der Waals surface area (Å²) in [6.45, 7) is 5.94. The lowest BCUT2D eigenvalue weighted by molar-refractivity contribution is 0.227. The van der Waals surface area contributed by atoms with Crippen LogP contribution in [0.3, 0.4) is 0 Å². The quantitative estimate of drug-likeness (QED) is 0.726. The van der Waals surface area contributed by atoms with Crippen molar-refractivity contribution in [3.05, 3.63) is 22.3 Å². The first-order valence-electron chi connectivity index (χ1n) is 7.89. The van der Waals surface area contributed by atoms with Crippen LogP contribution in [0.4, 0.5) is 0 Å². The first-order valence-corrected chi connectivity index (χ1v) is 8.68. The smallest absolute Gasteiger partial charge is 0.217 e. The number of halogens is 1. The Morgan fingerprint density at radius 1 is 1.52 bits per heavy atom. The second kappa shape index (κ2) is 8.71. The normalized spacial score (nSPS) is 19.1. The minimum absolute atomic E-state index is 0.669. The third kappa shape index (κ3) is 5.24. The van der Waals surface area contributed by atoms with Crippen molar-refractivity contribution >= 4 is 15.9 Å². The fourth-order valence-electron chi connectivity index (χ4n) is 2.76. The van der Waals surface area contributed by atoms with Gasteiger partial charge < -0.3 is 15.0 Å². The van der Waals surface area contributed by atoms with E-state index >= 15 is 0 Å². The molecule has 2 heterocycles. The van der Waals surface area contributed by atoms with Crippen LogP contribution < -0.4 is 10.1 Å². The fraction of sp³-hybridized carbons (Fsp3) is 0.688. The Bertz CT molecular complexity index is 442. The number of nitrogens with one attached hydrogen (secondary N) is 1. The Morgan fingerprint density at radius 3 is 3.10 bits per heavy atom. The van der Waals surface area contributed by atoms with Gasteiger partial charge in [0.1, 0.15) is 0 Å². The van der Waals surface area contributed by atoms with E-state index in [1.165, 1.54) is 19.4 Å². The van der Waals surface area contributed by atoms with E-state index in [2.05, 4.69) is 51.2 Å². The molecule has 1 atom stereocenters. The number of pyridine rings is 1. The van der Waals surface area contributed by atoms with Gasteiger partial charge in [-0.05, 0) is 67.8 Å². The number of hydrogen-bond acceptors (Lipinski definition) is 4. The summed E-state index contributed by atoms with van der Waals surface area (Å²) in [6.07, 6.45) is 6.62. The Labute approximate surface area is 136 Å². The molecule has 0 aliphatic carbocycles. The predicted molar refractivity (Wildman–Crippen MR) is 89.7 cm³/mol. The molecule has 1 unspecified atom stereocenters. The Hall–Kier alpha value is -0.650. The van der Waals surface area contributed by atoms with Gasteiger partial charge in [0.05, 0.1) is 6.61 Å². The third-order valence-corrected chi connectivity index (χ3v) is 4.43. The van der Waals surface area contributed by atoms with Gasteiger partial charge in [-0.2, -0.15) is 0 Å². The van der Waals surface area contributed by atoms with Gasteiger partial charge in [0, 0.05) is 28.8 Å². The van der Waals surface area contributed by atoms with Crippen molar-refractivity contribution in [2.24, 2.45) is 0 Å². The van der Waals surface area contributed by atoms with Crippen molar-refractivity contribution in [1.29, 1.82) is 0 Å². The molecule has 118 valence electrons. The van der Waals surface area contributed by atoms with Gasteiger partial charge in [-0.3, -0.25) is 0 Å². The highest BCUT2D eigenvalue weighted by atomic mass is 79.9. The molecule has 0 aromatic carbocycles. The lowest BCUT2D eigenvalue weighted by Crippen LogP contribution is -2.26. The Balaban J connectivity index is 1.86. The summed E-state index contributed by atoms with van der Waals surface area (Å²) in [5, 5.41) is 3.41. The number of likely N-dealkylation sites (tertiary alicyclic amines) is 1. The molecule has 1 aliphatic heterocycles. The molecule has 4 nitrogen and oxygen atoms in total. The van der Waals surface area contributed by atoms with Gasteiger partial charge in [-0.25, -0.2) is 4.98 Å². The van der Waals surface area contributed by atoms with Crippen molar-refractivity contribution in [1.82, 2.24) is 15.2 Å². The topological polar surface area (TPSA) is 37.4 Å². The van der Waals surface area contributed by atoms with E-state index in [-0.39, 0.29) is 0 Å². The molecule has 1 saturated heterocycles. The molecule has 5 heteroatoms. The maximum Gasteiger partial charge on any atom is 0.217 e.